The van der Waals surface area contributed by atoms with Crippen molar-refractivity contribution in [2.45, 2.75) is 52.9 Å². The van der Waals surface area contributed by atoms with Crippen molar-refractivity contribution in [1.82, 2.24) is 0 Å². The Kier molecular flexibility index (Phi) is 4.04. The van der Waals surface area contributed by atoms with E-state index in [1.807, 2.05) is 6.92 Å². The van der Waals surface area contributed by atoms with Gasteiger partial charge in [-0.05, 0) is 26.2 Å². The first-order valence-corrected chi connectivity index (χ1v) is 4.28. The summed E-state index contributed by atoms with van der Waals surface area (Å²) in [5.74, 6) is 0.432. The van der Waals surface area contributed by atoms with Gasteiger partial charge >= 0.3 is 0 Å². The van der Waals surface area contributed by atoms with Gasteiger partial charge in [-0.25, -0.2) is 0 Å². The van der Waals surface area contributed by atoms with Crippen LogP contribution >= 0.6 is 0 Å². The van der Waals surface area contributed by atoms with E-state index in [0.29, 0.717) is 5.92 Å². The molecule has 68 valence electrons. The summed E-state index contributed by atoms with van der Waals surface area (Å²) in [6.07, 6.45) is 0.262. The van der Waals surface area contributed by atoms with E-state index in [9.17, 15) is 0 Å². The largest absolute Gasteiger partial charge is 0.368 e. The molecule has 2 nitrogen and oxygen atoms in total. The van der Waals surface area contributed by atoms with E-state index >= 15 is 0 Å². The zero-order valence-corrected chi connectivity index (χ0v) is 8.22. The van der Waals surface area contributed by atoms with E-state index in [1.165, 1.54) is 0 Å². The standard InChI is InChI=1S/C9H20O2/c1-6-9(5,7(2)3)11-8(4)10/h7-8,10H,6H2,1-5H3. The van der Waals surface area contributed by atoms with Crippen LogP contribution in [0.2, 0.25) is 0 Å². The molecule has 2 unspecified atom stereocenters. The molecule has 0 spiro atoms. The van der Waals surface area contributed by atoms with Crippen LogP contribution in [0.1, 0.15) is 41.0 Å². The summed E-state index contributed by atoms with van der Waals surface area (Å²) in [4.78, 5) is 0. The molecule has 0 aromatic heterocycles. The minimum Gasteiger partial charge on any atom is -0.368 e. The lowest BCUT2D eigenvalue weighted by atomic mass is 9.89. The second-order valence-corrected chi connectivity index (χ2v) is 3.54. The Morgan fingerprint density at radius 1 is 1.36 bits per heavy atom. The summed E-state index contributed by atoms with van der Waals surface area (Å²) in [7, 11) is 0. The Hall–Kier alpha value is -0.0800. The lowest BCUT2D eigenvalue weighted by molar-refractivity contribution is -0.187. The molecular weight excluding hydrogens is 140 g/mol. The summed E-state index contributed by atoms with van der Waals surface area (Å²) >= 11 is 0. The van der Waals surface area contributed by atoms with Crippen LogP contribution in [0.15, 0.2) is 0 Å². The fourth-order valence-electron chi connectivity index (χ4n) is 1.02. The normalized spacial score (nSPS) is 19.9. The van der Waals surface area contributed by atoms with E-state index in [-0.39, 0.29) is 5.60 Å². The minimum atomic E-state index is -0.664. The Morgan fingerprint density at radius 3 is 1.91 bits per heavy atom. The number of aliphatic hydroxyl groups excluding tert-OH is 1. The van der Waals surface area contributed by atoms with Gasteiger partial charge < -0.3 is 9.84 Å². The molecule has 0 radical (unpaired) electrons. The van der Waals surface area contributed by atoms with Gasteiger partial charge in [0.1, 0.15) is 0 Å². The zero-order valence-electron chi connectivity index (χ0n) is 8.22. The van der Waals surface area contributed by atoms with Crippen LogP contribution in [0.4, 0.5) is 0 Å². The third kappa shape index (κ3) is 3.21. The van der Waals surface area contributed by atoms with Crippen molar-refractivity contribution < 1.29 is 9.84 Å². The van der Waals surface area contributed by atoms with Gasteiger partial charge in [-0.15, -0.1) is 0 Å². The molecule has 0 heterocycles. The molecule has 0 bridgehead atoms. The highest BCUT2D eigenvalue weighted by molar-refractivity contribution is 4.77. The smallest absolute Gasteiger partial charge is 0.152 e. The number of rotatable bonds is 4. The first kappa shape index (κ1) is 10.9. The first-order valence-electron chi connectivity index (χ1n) is 4.28. The second kappa shape index (κ2) is 4.07. The van der Waals surface area contributed by atoms with Gasteiger partial charge in [-0.2, -0.15) is 0 Å². The van der Waals surface area contributed by atoms with Gasteiger partial charge in [0, 0.05) is 0 Å². The maximum Gasteiger partial charge on any atom is 0.152 e. The number of ether oxygens (including phenoxy) is 1. The molecule has 0 fully saturated rings. The van der Waals surface area contributed by atoms with Crippen molar-refractivity contribution in [3.8, 4) is 0 Å². The van der Waals surface area contributed by atoms with Crippen molar-refractivity contribution in [3.63, 3.8) is 0 Å². The Bertz CT molecular complexity index is 110. The maximum absolute atomic E-state index is 9.05. The first-order chi connectivity index (χ1) is 4.92. The van der Waals surface area contributed by atoms with Crippen LogP contribution in [0, 0.1) is 5.92 Å². The molecule has 0 saturated heterocycles. The molecule has 1 N–H and O–H groups in total. The van der Waals surface area contributed by atoms with E-state index in [4.69, 9.17) is 9.84 Å². The highest BCUT2D eigenvalue weighted by Crippen LogP contribution is 2.25. The van der Waals surface area contributed by atoms with Gasteiger partial charge in [0.05, 0.1) is 5.60 Å². The SMILES string of the molecule is CCC(C)(OC(C)O)C(C)C. The highest BCUT2D eigenvalue weighted by atomic mass is 16.6. The van der Waals surface area contributed by atoms with E-state index in [0.717, 1.165) is 6.42 Å². The Balaban J connectivity index is 4.10. The van der Waals surface area contributed by atoms with Gasteiger partial charge in [0.15, 0.2) is 6.29 Å². The number of hydrogen-bond donors (Lipinski definition) is 1. The fourth-order valence-corrected chi connectivity index (χ4v) is 1.02. The molecule has 0 rings (SSSR count). The quantitative estimate of drug-likeness (QED) is 0.639. The lowest BCUT2D eigenvalue weighted by Crippen LogP contribution is -2.37. The van der Waals surface area contributed by atoms with Crippen molar-refractivity contribution in [2.75, 3.05) is 0 Å². The van der Waals surface area contributed by atoms with Gasteiger partial charge in [0.2, 0.25) is 0 Å². The fraction of sp³-hybridized carbons (Fsp3) is 1.00. The molecular formula is C9H20O2. The summed E-state index contributed by atoms with van der Waals surface area (Å²) in [6.45, 7) is 9.96. The van der Waals surface area contributed by atoms with E-state index in [2.05, 4.69) is 20.8 Å². The highest BCUT2D eigenvalue weighted by Gasteiger charge is 2.28. The van der Waals surface area contributed by atoms with Crippen LogP contribution in [0.25, 0.3) is 0 Å². The Morgan fingerprint density at radius 2 is 1.82 bits per heavy atom. The van der Waals surface area contributed by atoms with Crippen molar-refractivity contribution >= 4 is 0 Å². The number of hydrogen-bond acceptors (Lipinski definition) is 2. The van der Waals surface area contributed by atoms with Crippen LogP contribution in [0.5, 0.6) is 0 Å². The van der Waals surface area contributed by atoms with Crippen molar-refractivity contribution in [1.29, 1.82) is 0 Å². The molecule has 0 aliphatic heterocycles. The molecule has 0 aromatic carbocycles. The van der Waals surface area contributed by atoms with Crippen LogP contribution < -0.4 is 0 Å². The second-order valence-electron chi connectivity index (χ2n) is 3.54. The molecule has 2 atom stereocenters. The zero-order chi connectivity index (χ0) is 9.07. The molecule has 0 aliphatic carbocycles. The Labute approximate surface area is 69.6 Å². The summed E-state index contributed by atoms with van der Waals surface area (Å²) in [6, 6.07) is 0. The predicted molar refractivity (Wildman–Crippen MR) is 46.3 cm³/mol. The lowest BCUT2D eigenvalue weighted by Gasteiger charge is -2.34. The van der Waals surface area contributed by atoms with Gasteiger partial charge in [-0.3, -0.25) is 0 Å². The third-order valence-corrected chi connectivity index (χ3v) is 2.36. The van der Waals surface area contributed by atoms with E-state index < -0.39 is 6.29 Å². The van der Waals surface area contributed by atoms with Crippen LogP contribution in [-0.2, 0) is 4.74 Å². The van der Waals surface area contributed by atoms with Crippen molar-refractivity contribution in [3.05, 3.63) is 0 Å². The molecule has 0 saturated carbocycles. The maximum atomic E-state index is 9.05. The van der Waals surface area contributed by atoms with Gasteiger partial charge in [-0.1, -0.05) is 20.8 Å². The monoisotopic (exact) mass is 160 g/mol. The summed E-state index contributed by atoms with van der Waals surface area (Å²) in [5.41, 5.74) is -0.186. The summed E-state index contributed by atoms with van der Waals surface area (Å²) < 4.78 is 5.40. The third-order valence-electron chi connectivity index (χ3n) is 2.36. The summed E-state index contributed by atoms with van der Waals surface area (Å²) in [5, 5.41) is 9.05. The van der Waals surface area contributed by atoms with Crippen LogP contribution in [0.3, 0.4) is 0 Å². The molecule has 0 aliphatic rings. The minimum absolute atomic E-state index is 0.186. The van der Waals surface area contributed by atoms with Crippen molar-refractivity contribution in [2.24, 2.45) is 5.92 Å². The molecule has 0 amide bonds. The topological polar surface area (TPSA) is 29.5 Å². The molecule has 11 heavy (non-hydrogen) atoms. The van der Waals surface area contributed by atoms with Crippen LogP contribution in [-0.4, -0.2) is 17.0 Å². The average molecular weight is 160 g/mol. The van der Waals surface area contributed by atoms with E-state index in [1.54, 1.807) is 6.92 Å². The average Bonchev–Trinajstić information content (AvgIpc) is 1.86. The predicted octanol–water partition coefficient (Wildman–Crippen LogP) is 2.17. The molecule has 2 heteroatoms. The molecule has 0 aromatic rings. The number of aliphatic hydroxyl groups is 1. The van der Waals surface area contributed by atoms with Gasteiger partial charge in [0.25, 0.3) is 0 Å².